The van der Waals surface area contributed by atoms with Crippen LogP contribution < -0.4 is 5.32 Å². The second-order valence-corrected chi connectivity index (χ2v) is 10.7. The molecule has 5 rings (SSSR count). The fourth-order valence-corrected chi connectivity index (χ4v) is 6.00. The molecular weight excluding hydrogens is 452 g/mol. The smallest absolute Gasteiger partial charge is 0.285 e. The van der Waals surface area contributed by atoms with E-state index >= 15 is 0 Å². The minimum absolute atomic E-state index is 0.0457. The van der Waals surface area contributed by atoms with E-state index in [2.05, 4.69) is 14.6 Å². The number of piperidine rings is 1. The van der Waals surface area contributed by atoms with Crippen LogP contribution in [0, 0.1) is 5.92 Å². The lowest BCUT2D eigenvalue weighted by molar-refractivity contribution is 0.0332. The van der Waals surface area contributed by atoms with E-state index in [4.69, 9.17) is 4.74 Å². The first-order chi connectivity index (χ1) is 16.5. The SMILES string of the molecule is O=C(c1ccc(NC2=NS(=O)(=O)c3ccccc32)cc1)N1CCC(CCN2CCOCC2)CC1. The standard InChI is InChI=1S/C25H30N4O4S/c30-25(29-13-10-19(11-14-29)9-12-28-15-17-33-18-16-28)20-5-7-21(8-6-20)26-24-22-3-1-2-4-23(22)34(31,32)27-24/h1-8,19H,9-18H2,(H,26,27). The highest BCUT2D eigenvalue weighted by atomic mass is 32.2. The molecule has 1 N–H and O–H groups in total. The summed E-state index contributed by atoms with van der Waals surface area (Å²) in [7, 11) is -3.67. The zero-order chi connectivity index (χ0) is 23.5. The Balaban J connectivity index is 1.14. The number of likely N-dealkylation sites (tertiary alicyclic amines) is 1. The van der Waals surface area contributed by atoms with Gasteiger partial charge in [-0.15, -0.1) is 4.40 Å². The van der Waals surface area contributed by atoms with Crippen LogP contribution in [0.3, 0.4) is 0 Å². The molecule has 0 radical (unpaired) electrons. The molecule has 0 unspecified atom stereocenters. The molecule has 0 aromatic heterocycles. The van der Waals surface area contributed by atoms with Crippen molar-refractivity contribution in [2.45, 2.75) is 24.2 Å². The van der Waals surface area contributed by atoms with Crippen LogP contribution >= 0.6 is 0 Å². The topological polar surface area (TPSA) is 91.3 Å². The summed E-state index contributed by atoms with van der Waals surface area (Å²) in [6, 6.07) is 13.9. The molecular formula is C25H30N4O4S. The van der Waals surface area contributed by atoms with Crippen LogP contribution in [0.15, 0.2) is 57.8 Å². The van der Waals surface area contributed by atoms with E-state index in [1.807, 2.05) is 4.90 Å². The molecule has 9 heteroatoms. The highest BCUT2D eigenvalue weighted by Crippen LogP contribution is 2.27. The molecule has 0 aliphatic carbocycles. The third-order valence-corrected chi connectivity index (χ3v) is 8.22. The van der Waals surface area contributed by atoms with Crippen LogP contribution in [0.4, 0.5) is 5.69 Å². The molecule has 1 amide bonds. The fraction of sp³-hybridized carbons (Fsp3) is 0.440. The van der Waals surface area contributed by atoms with Crippen LogP contribution in [0.1, 0.15) is 35.2 Å². The van der Waals surface area contributed by atoms with Gasteiger partial charge in [-0.3, -0.25) is 9.69 Å². The average Bonchev–Trinajstić information content (AvgIpc) is 3.13. The van der Waals surface area contributed by atoms with Gasteiger partial charge in [0.25, 0.3) is 15.9 Å². The number of carbonyl (C=O) groups is 1. The number of sulfonamides is 1. The number of hydrogen-bond acceptors (Lipinski definition) is 6. The maximum atomic E-state index is 13.0. The molecule has 3 aliphatic rings. The number of ether oxygens (including phenoxy) is 1. The first-order valence-electron chi connectivity index (χ1n) is 11.9. The van der Waals surface area contributed by atoms with Crippen LogP contribution in [-0.4, -0.2) is 75.9 Å². The Morgan fingerprint density at radius 2 is 1.71 bits per heavy atom. The van der Waals surface area contributed by atoms with E-state index in [1.165, 1.54) is 6.42 Å². The van der Waals surface area contributed by atoms with E-state index in [0.717, 1.165) is 58.8 Å². The molecule has 3 heterocycles. The quantitative estimate of drug-likeness (QED) is 0.705. The zero-order valence-corrected chi connectivity index (χ0v) is 20.0. The van der Waals surface area contributed by atoms with Crippen molar-refractivity contribution in [1.82, 2.24) is 9.80 Å². The lowest BCUT2D eigenvalue weighted by atomic mass is 9.93. The molecule has 2 fully saturated rings. The second kappa shape index (κ2) is 9.85. The number of carbonyl (C=O) groups excluding carboxylic acids is 1. The normalized spacial score (nSPS) is 20.6. The van der Waals surface area contributed by atoms with Gasteiger partial charge in [0.2, 0.25) is 0 Å². The zero-order valence-electron chi connectivity index (χ0n) is 19.2. The number of fused-ring (bicyclic) bond motifs is 1. The third-order valence-electron chi connectivity index (χ3n) is 6.89. The van der Waals surface area contributed by atoms with Gasteiger partial charge in [-0.1, -0.05) is 12.1 Å². The summed E-state index contributed by atoms with van der Waals surface area (Å²) < 4.78 is 33.7. The van der Waals surface area contributed by atoms with Crippen molar-refractivity contribution in [3.05, 3.63) is 59.7 Å². The highest BCUT2D eigenvalue weighted by molar-refractivity contribution is 7.90. The Bertz CT molecular complexity index is 1170. The van der Waals surface area contributed by atoms with Gasteiger partial charge in [0.05, 0.1) is 13.2 Å². The van der Waals surface area contributed by atoms with Crippen molar-refractivity contribution in [1.29, 1.82) is 0 Å². The van der Waals surface area contributed by atoms with Gasteiger partial charge < -0.3 is 15.0 Å². The van der Waals surface area contributed by atoms with E-state index in [-0.39, 0.29) is 10.8 Å². The van der Waals surface area contributed by atoms with Crippen molar-refractivity contribution in [2.24, 2.45) is 10.3 Å². The summed E-state index contributed by atoms with van der Waals surface area (Å²) in [5.74, 6) is 1.02. The van der Waals surface area contributed by atoms with Crippen molar-refractivity contribution >= 4 is 27.5 Å². The number of nitrogens with one attached hydrogen (secondary N) is 1. The van der Waals surface area contributed by atoms with E-state index < -0.39 is 10.0 Å². The van der Waals surface area contributed by atoms with Crippen molar-refractivity contribution in [2.75, 3.05) is 51.3 Å². The summed E-state index contributed by atoms with van der Waals surface area (Å²) in [6.07, 6.45) is 3.28. The Hall–Kier alpha value is -2.75. The minimum atomic E-state index is -3.67. The summed E-state index contributed by atoms with van der Waals surface area (Å²) in [6.45, 7) is 6.42. The second-order valence-electron chi connectivity index (χ2n) is 9.09. The van der Waals surface area contributed by atoms with Crippen LogP contribution in [0.5, 0.6) is 0 Å². The van der Waals surface area contributed by atoms with Gasteiger partial charge in [-0.25, -0.2) is 0 Å². The monoisotopic (exact) mass is 482 g/mol. The van der Waals surface area contributed by atoms with Gasteiger partial charge in [0.15, 0.2) is 5.84 Å². The highest BCUT2D eigenvalue weighted by Gasteiger charge is 2.28. The molecule has 0 atom stereocenters. The Morgan fingerprint density at radius 3 is 2.44 bits per heavy atom. The lowest BCUT2D eigenvalue weighted by Crippen LogP contribution is -2.40. The van der Waals surface area contributed by atoms with Gasteiger partial charge in [-0.2, -0.15) is 8.42 Å². The first-order valence-corrected chi connectivity index (χ1v) is 13.3. The van der Waals surface area contributed by atoms with Crippen molar-refractivity contribution in [3.63, 3.8) is 0 Å². The van der Waals surface area contributed by atoms with Gasteiger partial charge in [0, 0.05) is 43.0 Å². The van der Waals surface area contributed by atoms with Crippen LogP contribution in [0.25, 0.3) is 0 Å². The molecule has 3 aliphatic heterocycles. The summed E-state index contributed by atoms with van der Waals surface area (Å²) >= 11 is 0. The Labute approximate surface area is 200 Å². The largest absolute Gasteiger partial charge is 0.379 e. The number of amides is 1. The van der Waals surface area contributed by atoms with Crippen LogP contribution in [0.2, 0.25) is 0 Å². The van der Waals surface area contributed by atoms with E-state index in [0.29, 0.717) is 28.6 Å². The van der Waals surface area contributed by atoms with E-state index in [9.17, 15) is 13.2 Å². The Kier molecular flexibility index (Phi) is 6.67. The maximum absolute atomic E-state index is 13.0. The lowest BCUT2D eigenvalue weighted by Gasteiger charge is -2.34. The number of morpholine rings is 1. The number of hydrogen-bond donors (Lipinski definition) is 1. The number of nitrogens with zero attached hydrogens (tertiary/aromatic N) is 3. The molecule has 8 nitrogen and oxygen atoms in total. The number of anilines is 1. The van der Waals surface area contributed by atoms with Gasteiger partial charge in [-0.05, 0) is 68.1 Å². The molecule has 180 valence electrons. The maximum Gasteiger partial charge on any atom is 0.285 e. The first kappa shape index (κ1) is 23.0. The Morgan fingerprint density at radius 1 is 1.00 bits per heavy atom. The summed E-state index contributed by atoms with van der Waals surface area (Å²) in [4.78, 5) is 17.6. The predicted molar refractivity (Wildman–Crippen MR) is 131 cm³/mol. The molecule has 2 aromatic rings. The third kappa shape index (κ3) is 5.01. The van der Waals surface area contributed by atoms with Crippen molar-refractivity contribution in [3.8, 4) is 0 Å². The van der Waals surface area contributed by atoms with Gasteiger partial charge in [0.1, 0.15) is 4.90 Å². The molecule has 0 saturated carbocycles. The number of benzene rings is 2. The molecule has 0 spiro atoms. The average molecular weight is 483 g/mol. The van der Waals surface area contributed by atoms with Crippen LogP contribution in [-0.2, 0) is 14.8 Å². The summed E-state index contributed by atoms with van der Waals surface area (Å²) in [5, 5.41) is 3.08. The van der Waals surface area contributed by atoms with Crippen molar-refractivity contribution < 1.29 is 17.9 Å². The molecule has 34 heavy (non-hydrogen) atoms. The van der Waals surface area contributed by atoms with E-state index in [1.54, 1.807) is 48.5 Å². The fourth-order valence-electron chi connectivity index (χ4n) is 4.83. The number of amidine groups is 1. The predicted octanol–water partition coefficient (Wildman–Crippen LogP) is 2.82. The molecule has 2 saturated heterocycles. The summed E-state index contributed by atoms with van der Waals surface area (Å²) in [5.41, 5.74) is 1.88. The minimum Gasteiger partial charge on any atom is -0.379 e. The number of rotatable bonds is 5. The molecule has 2 aromatic carbocycles. The molecule has 0 bridgehead atoms. The van der Waals surface area contributed by atoms with Gasteiger partial charge >= 0.3 is 0 Å².